The number of halogens is 1. The largest absolute Gasteiger partial charge is 0.493 e. The van der Waals surface area contributed by atoms with Crippen LogP contribution in [0.4, 0.5) is 0 Å². The zero-order chi connectivity index (χ0) is 13.0. The van der Waals surface area contributed by atoms with Crippen molar-refractivity contribution in [2.75, 3.05) is 21.3 Å². The fourth-order valence-corrected chi connectivity index (χ4v) is 2.53. The summed E-state index contributed by atoms with van der Waals surface area (Å²) in [5.41, 5.74) is 1.18. The van der Waals surface area contributed by atoms with E-state index in [1.807, 2.05) is 19.2 Å². The number of nitrogens with one attached hydrogen (secondary N) is 1. The Balaban J connectivity index is 3.24. The number of methoxy groups -OCH3 is 2. The van der Waals surface area contributed by atoms with Crippen molar-refractivity contribution in [3.8, 4) is 11.5 Å². The minimum absolute atomic E-state index is 0.282. The highest BCUT2D eigenvalue weighted by molar-refractivity contribution is 9.10. The molecule has 0 heterocycles. The molecule has 1 unspecified atom stereocenters. The fourth-order valence-electron chi connectivity index (χ4n) is 1.96. The summed E-state index contributed by atoms with van der Waals surface area (Å²) in [5.74, 6) is 1.99. The molecule has 0 amide bonds. The van der Waals surface area contributed by atoms with Gasteiger partial charge in [0.15, 0.2) is 11.5 Å². The van der Waals surface area contributed by atoms with Crippen LogP contribution in [-0.4, -0.2) is 21.3 Å². The van der Waals surface area contributed by atoms with Crippen LogP contribution in [0, 0.1) is 5.92 Å². The minimum Gasteiger partial charge on any atom is -0.493 e. The van der Waals surface area contributed by atoms with Crippen molar-refractivity contribution in [2.24, 2.45) is 5.92 Å². The lowest BCUT2D eigenvalue weighted by Crippen LogP contribution is -2.22. The summed E-state index contributed by atoms with van der Waals surface area (Å²) in [6.07, 6.45) is 0. The van der Waals surface area contributed by atoms with Crippen LogP contribution in [0.2, 0.25) is 0 Å². The molecule has 0 aliphatic rings. The van der Waals surface area contributed by atoms with Gasteiger partial charge in [-0.2, -0.15) is 0 Å². The molecule has 0 saturated carbocycles. The van der Waals surface area contributed by atoms with E-state index in [9.17, 15) is 0 Å². The Morgan fingerprint density at radius 2 is 1.65 bits per heavy atom. The third-order valence-electron chi connectivity index (χ3n) is 2.82. The summed E-state index contributed by atoms with van der Waals surface area (Å²) in [4.78, 5) is 0. The van der Waals surface area contributed by atoms with Gasteiger partial charge in [-0.25, -0.2) is 0 Å². The molecule has 1 atom stereocenters. The van der Waals surface area contributed by atoms with Gasteiger partial charge in [-0.15, -0.1) is 0 Å². The molecule has 96 valence electrons. The van der Waals surface area contributed by atoms with Crippen LogP contribution in [0.1, 0.15) is 25.5 Å². The molecular formula is C13H20BrNO2. The van der Waals surface area contributed by atoms with Crippen LogP contribution in [0.15, 0.2) is 16.6 Å². The Kier molecular flexibility index (Phi) is 5.28. The second-order valence-corrected chi connectivity index (χ2v) is 5.09. The molecule has 3 nitrogen and oxygen atoms in total. The van der Waals surface area contributed by atoms with E-state index in [4.69, 9.17) is 9.47 Å². The Morgan fingerprint density at radius 1 is 1.12 bits per heavy atom. The Hall–Kier alpha value is -0.740. The smallest absolute Gasteiger partial charge is 0.161 e. The van der Waals surface area contributed by atoms with E-state index in [1.165, 1.54) is 5.56 Å². The third kappa shape index (κ3) is 3.13. The number of ether oxygens (including phenoxy) is 2. The van der Waals surface area contributed by atoms with Crippen LogP contribution >= 0.6 is 15.9 Å². The molecular weight excluding hydrogens is 282 g/mol. The van der Waals surface area contributed by atoms with E-state index >= 15 is 0 Å². The SMILES string of the molecule is CNC(c1cc(OC)c(OC)cc1Br)C(C)C. The number of hydrogen-bond acceptors (Lipinski definition) is 3. The average molecular weight is 302 g/mol. The molecule has 0 radical (unpaired) electrons. The van der Waals surface area contributed by atoms with Gasteiger partial charge in [0.25, 0.3) is 0 Å². The molecule has 0 spiro atoms. The van der Waals surface area contributed by atoms with Gasteiger partial charge in [0.1, 0.15) is 0 Å². The average Bonchev–Trinajstić information content (AvgIpc) is 2.31. The fraction of sp³-hybridized carbons (Fsp3) is 0.538. The zero-order valence-corrected chi connectivity index (χ0v) is 12.6. The highest BCUT2D eigenvalue weighted by Crippen LogP contribution is 2.37. The van der Waals surface area contributed by atoms with Crippen molar-refractivity contribution in [2.45, 2.75) is 19.9 Å². The predicted molar refractivity (Wildman–Crippen MR) is 73.9 cm³/mol. The van der Waals surface area contributed by atoms with E-state index in [-0.39, 0.29) is 6.04 Å². The van der Waals surface area contributed by atoms with Crippen molar-refractivity contribution >= 4 is 15.9 Å². The molecule has 0 aromatic heterocycles. The van der Waals surface area contributed by atoms with Crippen molar-refractivity contribution in [3.05, 3.63) is 22.2 Å². The number of benzene rings is 1. The molecule has 1 aromatic carbocycles. The van der Waals surface area contributed by atoms with Gasteiger partial charge in [-0.3, -0.25) is 0 Å². The van der Waals surface area contributed by atoms with Crippen LogP contribution in [0.5, 0.6) is 11.5 Å². The van der Waals surface area contributed by atoms with E-state index in [1.54, 1.807) is 14.2 Å². The van der Waals surface area contributed by atoms with Crippen molar-refractivity contribution in [1.82, 2.24) is 5.32 Å². The maximum atomic E-state index is 5.33. The molecule has 4 heteroatoms. The van der Waals surface area contributed by atoms with Crippen molar-refractivity contribution in [1.29, 1.82) is 0 Å². The van der Waals surface area contributed by atoms with Crippen LogP contribution < -0.4 is 14.8 Å². The highest BCUT2D eigenvalue weighted by Gasteiger charge is 2.19. The number of rotatable bonds is 5. The first-order valence-corrected chi connectivity index (χ1v) is 6.43. The minimum atomic E-state index is 0.282. The van der Waals surface area contributed by atoms with E-state index in [2.05, 4.69) is 35.1 Å². The molecule has 1 N–H and O–H groups in total. The summed E-state index contributed by atoms with van der Waals surface area (Å²) in [7, 11) is 5.26. The number of hydrogen-bond donors (Lipinski definition) is 1. The maximum Gasteiger partial charge on any atom is 0.161 e. The molecule has 1 rings (SSSR count). The van der Waals surface area contributed by atoms with Crippen molar-refractivity contribution in [3.63, 3.8) is 0 Å². The Morgan fingerprint density at radius 3 is 2.06 bits per heavy atom. The van der Waals surface area contributed by atoms with Crippen LogP contribution in [0.3, 0.4) is 0 Å². The van der Waals surface area contributed by atoms with Gasteiger partial charge in [0, 0.05) is 10.5 Å². The topological polar surface area (TPSA) is 30.5 Å². The lowest BCUT2D eigenvalue weighted by molar-refractivity contribution is 0.352. The first-order chi connectivity index (χ1) is 8.04. The lowest BCUT2D eigenvalue weighted by atomic mass is 9.96. The monoisotopic (exact) mass is 301 g/mol. The second-order valence-electron chi connectivity index (χ2n) is 4.24. The standard InChI is InChI=1S/C13H20BrNO2/c1-8(2)13(15-3)9-6-11(16-4)12(17-5)7-10(9)14/h6-8,13,15H,1-5H3. The lowest BCUT2D eigenvalue weighted by Gasteiger charge is -2.23. The predicted octanol–water partition coefficient (Wildman–Crippen LogP) is 3.38. The molecule has 0 fully saturated rings. The second kappa shape index (κ2) is 6.26. The molecule has 0 bridgehead atoms. The van der Waals surface area contributed by atoms with Gasteiger partial charge < -0.3 is 14.8 Å². The highest BCUT2D eigenvalue weighted by atomic mass is 79.9. The summed E-state index contributed by atoms with van der Waals surface area (Å²) in [6, 6.07) is 4.24. The summed E-state index contributed by atoms with van der Waals surface area (Å²) in [6.45, 7) is 4.37. The van der Waals surface area contributed by atoms with Crippen molar-refractivity contribution < 1.29 is 9.47 Å². The molecule has 0 aliphatic carbocycles. The van der Waals surface area contributed by atoms with Crippen LogP contribution in [0.25, 0.3) is 0 Å². The van der Waals surface area contributed by atoms with Crippen LogP contribution in [-0.2, 0) is 0 Å². The Labute approximate surface area is 112 Å². The first-order valence-electron chi connectivity index (χ1n) is 5.63. The summed E-state index contributed by atoms with van der Waals surface area (Å²) < 4.78 is 11.6. The quantitative estimate of drug-likeness (QED) is 0.904. The molecule has 1 aromatic rings. The van der Waals surface area contributed by atoms with Gasteiger partial charge in [0.05, 0.1) is 14.2 Å². The third-order valence-corrected chi connectivity index (χ3v) is 3.50. The molecule has 0 aliphatic heterocycles. The van der Waals surface area contributed by atoms with Gasteiger partial charge in [-0.1, -0.05) is 29.8 Å². The van der Waals surface area contributed by atoms with Gasteiger partial charge in [0.2, 0.25) is 0 Å². The van der Waals surface area contributed by atoms with E-state index < -0.39 is 0 Å². The van der Waals surface area contributed by atoms with E-state index in [0.717, 1.165) is 16.0 Å². The van der Waals surface area contributed by atoms with Gasteiger partial charge in [-0.05, 0) is 30.7 Å². The summed E-state index contributed by atoms with van der Waals surface area (Å²) in [5, 5.41) is 3.32. The maximum absolute atomic E-state index is 5.33. The summed E-state index contributed by atoms with van der Waals surface area (Å²) >= 11 is 3.59. The first kappa shape index (κ1) is 14.3. The van der Waals surface area contributed by atoms with E-state index in [0.29, 0.717) is 5.92 Å². The molecule has 17 heavy (non-hydrogen) atoms. The van der Waals surface area contributed by atoms with Gasteiger partial charge >= 0.3 is 0 Å². The zero-order valence-electron chi connectivity index (χ0n) is 11.0. The Bertz CT molecular complexity index is 380. The normalized spacial score (nSPS) is 12.6. The molecule has 0 saturated heterocycles.